The lowest BCUT2D eigenvalue weighted by molar-refractivity contribution is 0.286. The Morgan fingerprint density at radius 2 is 1.93 bits per heavy atom. The van der Waals surface area contributed by atoms with Gasteiger partial charge in [-0.1, -0.05) is 30.3 Å². The first kappa shape index (κ1) is 19.6. The van der Waals surface area contributed by atoms with Gasteiger partial charge in [-0.2, -0.15) is 0 Å². The summed E-state index contributed by atoms with van der Waals surface area (Å²) in [6.45, 7) is 1.77. The first-order valence-electron chi connectivity index (χ1n) is 9.93. The van der Waals surface area contributed by atoms with E-state index in [1.54, 1.807) is 6.33 Å². The van der Waals surface area contributed by atoms with Crippen molar-refractivity contribution < 1.29 is 13.5 Å². The van der Waals surface area contributed by atoms with Crippen LogP contribution in [-0.4, -0.2) is 41.2 Å². The van der Waals surface area contributed by atoms with Gasteiger partial charge in [-0.05, 0) is 45.0 Å². The molecule has 1 fully saturated rings. The molecule has 1 aliphatic heterocycles. The van der Waals surface area contributed by atoms with Gasteiger partial charge in [0.15, 0.2) is 11.6 Å². The molecule has 0 unspecified atom stereocenters. The second kappa shape index (κ2) is 8.33. The lowest BCUT2D eigenvalue weighted by Gasteiger charge is -2.20. The van der Waals surface area contributed by atoms with Crippen LogP contribution in [0.4, 0.5) is 8.78 Å². The van der Waals surface area contributed by atoms with E-state index < -0.39 is 11.6 Å². The number of aromatic nitrogens is 2. The third-order valence-corrected chi connectivity index (χ3v) is 5.77. The predicted octanol–water partition coefficient (Wildman–Crippen LogP) is 4.99. The lowest BCUT2D eigenvalue weighted by Crippen LogP contribution is -2.26. The van der Waals surface area contributed by atoms with Crippen molar-refractivity contribution in [3.8, 4) is 28.3 Å². The Bertz CT molecular complexity index is 987. The second-order valence-corrected chi connectivity index (χ2v) is 7.51. The van der Waals surface area contributed by atoms with Crippen LogP contribution in [-0.2, 0) is 6.54 Å². The third kappa shape index (κ3) is 3.77. The van der Waals surface area contributed by atoms with Crippen molar-refractivity contribution in [1.29, 1.82) is 0 Å². The Balaban J connectivity index is 1.82. The van der Waals surface area contributed by atoms with E-state index in [9.17, 15) is 8.78 Å². The molecule has 2 heterocycles. The number of hydrogen-bond acceptors (Lipinski definition) is 3. The molecule has 6 heteroatoms. The van der Waals surface area contributed by atoms with Crippen LogP contribution >= 0.6 is 0 Å². The molecule has 4 nitrogen and oxygen atoms in total. The van der Waals surface area contributed by atoms with Gasteiger partial charge in [0, 0.05) is 18.2 Å². The van der Waals surface area contributed by atoms with E-state index >= 15 is 0 Å². The van der Waals surface area contributed by atoms with E-state index in [2.05, 4.69) is 16.9 Å². The molecule has 0 amide bonds. The molecule has 1 saturated heterocycles. The Morgan fingerprint density at radius 3 is 2.62 bits per heavy atom. The van der Waals surface area contributed by atoms with Crippen LogP contribution in [0, 0.1) is 11.6 Å². The fourth-order valence-electron chi connectivity index (χ4n) is 4.18. The van der Waals surface area contributed by atoms with Crippen LogP contribution in [0.25, 0.3) is 22.5 Å². The summed E-state index contributed by atoms with van der Waals surface area (Å²) in [6, 6.07) is 12.6. The van der Waals surface area contributed by atoms with E-state index in [4.69, 9.17) is 4.74 Å². The largest absolute Gasteiger partial charge is 0.496 e. The van der Waals surface area contributed by atoms with Crippen LogP contribution in [0.1, 0.15) is 19.3 Å². The zero-order chi connectivity index (χ0) is 20.4. The van der Waals surface area contributed by atoms with Crippen molar-refractivity contribution in [1.82, 2.24) is 14.5 Å². The number of methoxy groups -OCH3 is 1. The van der Waals surface area contributed by atoms with Gasteiger partial charge in [-0.15, -0.1) is 0 Å². The van der Waals surface area contributed by atoms with Gasteiger partial charge in [0.05, 0.1) is 30.4 Å². The summed E-state index contributed by atoms with van der Waals surface area (Å²) in [5, 5.41) is 0. The number of aryl methyl sites for hydroxylation is 1. The number of likely N-dealkylation sites (tertiary alicyclic amines) is 1. The van der Waals surface area contributed by atoms with Crippen molar-refractivity contribution >= 4 is 0 Å². The maximum Gasteiger partial charge on any atom is 0.171 e. The normalized spacial score (nSPS) is 17.0. The van der Waals surface area contributed by atoms with E-state index in [0.29, 0.717) is 29.7 Å². The van der Waals surface area contributed by atoms with E-state index in [-0.39, 0.29) is 5.56 Å². The first-order valence-corrected chi connectivity index (χ1v) is 9.93. The first-order chi connectivity index (χ1) is 14.1. The molecule has 3 aromatic rings. The Labute approximate surface area is 169 Å². The highest BCUT2D eigenvalue weighted by Gasteiger charge is 2.26. The SMILES string of the molecule is COc1ccc(F)c(F)c1-c1c(-c2ccccc2)ncn1CC[C@@H]1CCCN1C. The smallest absolute Gasteiger partial charge is 0.171 e. The molecular formula is C23H25F2N3O. The number of nitrogens with zero attached hydrogens (tertiary/aromatic N) is 3. The van der Waals surface area contributed by atoms with Gasteiger partial charge >= 0.3 is 0 Å². The van der Waals surface area contributed by atoms with E-state index in [1.165, 1.54) is 19.6 Å². The Kier molecular flexibility index (Phi) is 5.62. The molecule has 0 aliphatic carbocycles. The summed E-state index contributed by atoms with van der Waals surface area (Å²) in [4.78, 5) is 6.94. The third-order valence-electron chi connectivity index (χ3n) is 5.77. The van der Waals surface area contributed by atoms with Gasteiger partial charge < -0.3 is 14.2 Å². The van der Waals surface area contributed by atoms with Crippen LogP contribution < -0.4 is 4.74 Å². The fraction of sp³-hybridized carbons (Fsp3) is 0.348. The summed E-state index contributed by atoms with van der Waals surface area (Å²) in [5.74, 6) is -1.52. The van der Waals surface area contributed by atoms with Crippen LogP contribution in [0.3, 0.4) is 0 Å². The van der Waals surface area contributed by atoms with Crippen molar-refractivity contribution in [2.45, 2.75) is 31.8 Å². The molecule has 1 aliphatic rings. The Morgan fingerprint density at radius 1 is 1.14 bits per heavy atom. The highest BCUT2D eigenvalue weighted by molar-refractivity contribution is 5.82. The number of benzene rings is 2. The molecule has 2 aromatic carbocycles. The quantitative estimate of drug-likeness (QED) is 0.587. The topological polar surface area (TPSA) is 30.3 Å². The molecule has 0 radical (unpaired) electrons. The van der Waals surface area contributed by atoms with Gasteiger partial charge in [0.1, 0.15) is 5.75 Å². The maximum absolute atomic E-state index is 15.0. The highest BCUT2D eigenvalue weighted by Crippen LogP contribution is 2.39. The van der Waals surface area contributed by atoms with Gasteiger partial charge in [-0.3, -0.25) is 0 Å². The lowest BCUT2D eigenvalue weighted by atomic mass is 10.0. The molecule has 1 atom stereocenters. The van der Waals surface area contributed by atoms with Crippen molar-refractivity contribution in [2.24, 2.45) is 0 Å². The number of rotatable bonds is 6. The average Bonchev–Trinajstić information content (AvgIpc) is 3.34. The number of imidazole rings is 1. The molecule has 0 spiro atoms. The average molecular weight is 397 g/mol. The zero-order valence-electron chi connectivity index (χ0n) is 16.7. The molecule has 0 N–H and O–H groups in total. The van der Waals surface area contributed by atoms with Gasteiger partial charge in [-0.25, -0.2) is 13.8 Å². The van der Waals surface area contributed by atoms with Gasteiger partial charge in [0.2, 0.25) is 0 Å². The maximum atomic E-state index is 15.0. The Hall–Kier alpha value is -2.73. The molecule has 4 rings (SSSR count). The van der Waals surface area contributed by atoms with Crippen LogP contribution in [0.2, 0.25) is 0 Å². The van der Waals surface area contributed by atoms with E-state index in [1.807, 2.05) is 34.9 Å². The van der Waals surface area contributed by atoms with Crippen molar-refractivity contribution in [3.63, 3.8) is 0 Å². The summed E-state index contributed by atoms with van der Waals surface area (Å²) in [5.41, 5.74) is 2.13. The molecule has 29 heavy (non-hydrogen) atoms. The minimum Gasteiger partial charge on any atom is -0.496 e. The zero-order valence-corrected chi connectivity index (χ0v) is 16.7. The number of hydrogen-bond donors (Lipinski definition) is 0. The number of halogens is 2. The van der Waals surface area contributed by atoms with Crippen molar-refractivity contribution in [2.75, 3.05) is 20.7 Å². The van der Waals surface area contributed by atoms with E-state index in [0.717, 1.165) is 31.0 Å². The fourth-order valence-corrected chi connectivity index (χ4v) is 4.18. The second-order valence-electron chi connectivity index (χ2n) is 7.51. The molecular weight excluding hydrogens is 372 g/mol. The minimum atomic E-state index is -0.915. The van der Waals surface area contributed by atoms with Crippen LogP contribution in [0.15, 0.2) is 48.8 Å². The summed E-state index contributed by atoms with van der Waals surface area (Å²) in [7, 11) is 3.60. The predicted molar refractivity (Wildman–Crippen MR) is 110 cm³/mol. The molecule has 0 saturated carbocycles. The highest BCUT2D eigenvalue weighted by atomic mass is 19.2. The minimum absolute atomic E-state index is 0.114. The molecule has 0 bridgehead atoms. The van der Waals surface area contributed by atoms with Crippen LogP contribution in [0.5, 0.6) is 5.75 Å². The van der Waals surface area contributed by atoms with Gasteiger partial charge in [0.25, 0.3) is 0 Å². The summed E-state index contributed by atoms with van der Waals surface area (Å²) < 4.78 is 36.5. The standard InChI is InChI=1S/C23H25F2N3O/c1-27-13-6-9-17(27)12-14-28-15-26-22(16-7-4-3-5-8-16)23(28)20-19(29-2)11-10-18(24)21(20)25/h3-5,7-8,10-11,15,17H,6,9,12-14H2,1-2H3/t17-/m0/s1. The number of ether oxygens (including phenoxy) is 1. The molecule has 1 aromatic heterocycles. The monoisotopic (exact) mass is 397 g/mol. The summed E-state index contributed by atoms with van der Waals surface area (Å²) in [6.07, 6.45) is 4.99. The summed E-state index contributed by atoms with van der Waals surface area (Å²) >= 11 is 0. The molecule has 152 valence electrons. The van der Waals surface area contributed by atoms with Crippen molar-refractivity contribution in [3.05, 3.63) is 60.4 Å².